The van der Waals surface area contributed by atoms with Gasteiger partial charge in [0.25, 0.3) is 0 Å². The van der Waals surface area contributed by atoms with E-state index < -0.39 is 11.7 Å². The van der Waals surface area contributed by atoms with Gasteiger partial charge in [-0.05, 0) is 29.8 Å². The van der Waals surface area contributed by atoms with Crippen molar-refractivity contribution in [1.82, 2.24) is 4.98 Å². The SMILES string of the molecule is COc1ccc(C2C3=C(Sc4[nH]c(=O)sc42)C(=O)c2cccc(O)c2C3=O)cc1. The highest BCUT2D eigenvalue weighted by Gasteiger charge is 2.43. The number of nitrogens with one attached hydrogen (secondary N) is 1. The number of rotatable bonds is 2. The summed E-state index contributed by atoms with van der Waals surface area (Å²) in [7, 11) is 1.56. The smallest absolute Gasteiger partial charge is 0.305 e. The molecule has 0 fully saturated rings. The Morgan fingerprint density at radius 2 is 1.79 bits per heavy atom. The van der Waals surface area contributed by atoms with Crippen LogP contribution in [0.2, 0.25) is 0 Å². The average Bonchev–Trinajstić information content (AvgIpc) is 3.10. The number of phenolic OH excluding ortho intramolecular Hbond substituents is 1. The maximum absolute atomic E-state index is 13.4. The number of H-pyrrole nitrogens is 1. The topological polar surface area (TPSA) is 96.5 Å². The number of phenols is 1. The molecule has 2 aromatic carbocycles. The molecule has 8 heteroatoms. The Bertz CT molecular complexity index is 1280. The Balaban J connectivity index is 1.77. The van der Waals surface area contributed by atoms with Gasteiger partial charge in [-0.15, -0.1) is 0 Å². The third-order valence-corrected chi connectivity index (χ3v) is 7.27. The van der Waals surface area contributed by atoms with E-state index >= 15 is 0 Å². The fourth-order valence-corrected chi connectivity index (χ4v) is 6.03. The molecule has 0 radical (unpaired) electrons. The van der Waals surface area contributed by atoms with Gasteiger partial charge in [-0.25, -0.2) is 0 Å². The summed E-state index contributed by atoms with van der Waals surface area (Å²) in [5.41, 5.74) is 1.24. The Labute approximate surface area is 172 Å². The van der Waals surface area contributed by atoms with Crippen molar-refractivity contribution in [3.63, 3.8) is 0 Å². The number of hydrogen-bond acceptors (Lipinski definition) is 7. The van der Waals surface area contributed by atoms with Crippen LogP contribution in [0.3, 0.4) is 0 Å². The predicted molar refractivity (Wildman–Crippen MR) is 109 cm³/mol. The lowest BCUT2D eigenvalue weighted by atomic mass is 9.79. The molecule has 5 rings (SSSR count). The van der Waals surface area contributed by atoms with Crippen LogP contribution < -0.4 is 9.61 Å². The van der Waals surface area contributed by atoms with Crippen LogP contribution in [-0.4, -0.2) is 28.8 Å². The van der Waals surface area contributed by atoms with Crippen LogP contribution >= 0.6 is 23.1 Å². The van der Waals surface area contributed by atoms with Gasteiger partial charge in [0.05, 0.1) is 33.4 Å². The molecule has 6 nitrogen and oxygen atoms in total. The van der Waals surface area contributed by atoms with Crippen LogP contribution in [0.1, 0.15) is 37.1 Å². The van der Waals surface area contributed by atoms with E-state index in [-0.39, 0.29) is 32.4 Å². The van der Waals surface area contributed by atoms with Gasteiger partial charge >= 0.3 is 4.87 Å². The third-order valence-electron chi connectivity index (χ3n) is 5.06. The number of carbonyl (C=O) groups excluding carboxylic acids is 2. The Morgan fingerprint density at radius 1 is 1.03 bits per heavy atom. The van der Waals surface area contributed by atoms with E-state index in [0.29, 0.717) is 21.2 Å². The van der Waals surface area contributed by atoms with E-state index in [1.807, 2.05) is 12.1 Å². The fraction of sp³-hybridized carbons (Fsp3) is 0.0952. The zero-order valence-corrected chi connectivity index (χ0v) is 16.6. The largest absolute Gasteiger partial charge is 0.507 e. The summed E-state index contributed by atoms with van der Waals surface area (Å²) in [4.78, 5) is 42.2. The van der Waals surface area contributed by atoms with E-state index in [4.69, 9.17) is 4.74 Å². The van der Waals surface area contributed by atoms with Crippen molar-refractivity contribution < 1.29 is 19.4 Å². The molecule has 29 heavy (non-hydrogen) atoms. The summed E-state index contributed by atoms with van der Waals surface area (Å²) in [6.07, 6.45) is 0. The first-order chi connectivity index (χ1) is 14.0. The average molecular weight is 423 g/mol. The number of hydrogen-bond donors (Lipinski definition) is 2. The first-order valence-corrected chi connectivity index (χ1v) is 10.3. The van der Waals surface area contributed by atoms with Crippen molar-refractivity contribution in [2.24, 2.45) is 0 Å². The van der Waals surface area contributed by atoms with Crippen LogP contribution in [-0.2, 0) is 0 Å². The number of benzene rings is 2. The second-order valence-corrected chi connectivity index (χ2v) is 8.65. The predicted octanol–water partition coefficient (Wildman–Crippen LogP) is 3.72. The maximum Gasteiger partial charge on any atom is 0.305 e. The highest BCUT2D eigenvalue weighted by molar-refractivity contribution is 8.04. The zero-order valence-electron chi connectivity index (χ0n) is 15.0. The van der Waals surface area contributed by atoms with E-state index in [0.717, 1.165) is 28.7 Å². The van der Waals surface area contributed by atoms with Gasteiger partial charge in [-0.1, -0.05) is 41.3 Å². The number of fused-ring (bicyclic) bond motifs is 2. The van der Waals surface area contributed by atoms with E-state index in [1.54, 1.807) is 19.2 Å². The lowest BCUT2D eigenvalue weighted by Gasteiger charge is -2.30. The standard InChI is InChI=1S/C21H13NO5S2/c1-27-10-7-5-9(6-8-10)13-15-17(25)14-11(3-2-4-12(14)23)16(24)18(15)28-20-19(13)29-21(26)22-20/h2-8,13,23H,1H3,(H,22,26). The van der Waals surface area contributed by atoms with Crippen LogP contribution in [0.25, 0.3) is 0 Å². The number of allylic oxidation sites excluding steroid dienone is 2. The normalized spacial score (nSPS) is 17.6. The minimum atomic E-state index is -0.583. The molecule has 0 amide bonds. The number of aromatic hydroxyl groups is 1. The molecular weight excluding hydrogens is 410 g/mol. The second kappa shape index (κ2) is 6.47. The van der Waals surface area contributed by atoms with Crippen molar-refractivity contribution in [2.45, 2.75) is 10.9 Å². The van der Waals surface area contributed by atoms with E-state index in [1.165, 1.54) is 18.2 Å². The van der Waals surface area contributed by atoms with Crippen molar-refractivity contribution >= 4 is 34.7 Å². The van der Waals surface area contributed by atoms with Gasteiger partial charge in [-0.2, -0.15) is 0 Å². The van der Waals surface area contributed by atoms with Crippen LogP contribution in [0, 0.1) is 0 Å². The zero-order chi connectivity index (χ0) is 20.3. The monoisotopic (exact) mass is 423 g/mol. The number of aromatic nitrogens is 1. The van der Waals surface area contributed by atoms with Crippen molar-refractivity contribution in [3.8, 4) is 11.5 Å². The summed E-state index contributed by atoms with van der Waals surface area (Å²) >= 11 is 2.13. The molecule has 0 saturated heterocycles. The minimum absolute atomic E-state index is 0.0155. The number of ketones is 2. The number of methoxy groups -OCH3 is 1. The molecule has 1 aliphatic carbocycles. The first-order valence-electron chi connectivity index (χ1n) is 8.70. The summed E-state index contributed by atoms with van der Waals surface area (Å²) in [5, 5.41) is 10.9. The molecule has 1 aromatic heterocycles. The van der Waals surface area contributed by atoms with Crippen molar-refractivity contribution in [2.75, 3.05) is 7.11 Å². The molecule has 144 valence electrons. The molecule has 0 bridgehead atoms. The van der Waals surface area contributed by atoms with Crippen LogP contribution in [0.15, 0.2) is 62.8 Å². The molecule has 1 aliphatic heterocycles. The molecule has 0 spiro atoms. The minimum Gasteiger partial charge on any atom is -0.507 e. The third kappa shape index (κ3) is 2.60. The van der Waals surface area contributed by atoms with Gasteiger partial charge in [-0.3, -0.25) is 14.4 Å². The molecule has 2 N–H and O–H groups in total. The van der Waals surface area contributed by atoms with Gasteiger partial charge in [0, 0.05) is 11.1 Å². The quantitative estimate of drug-likeness (QED) is 0.652. The molecule has 1 unspecified atom stereocenters. The number of ether oxygens (including phenoxy) is 1. The molecule has 3 aromatic rings. The van der Waals surface area contributed by atoms with Crippen LogP contribution in [0.4, 0.5) is 0 Å². The first kappa shape index (κ1) is 18.0. The highest BCUT2D eigenvalue weighted by Crippen LogP contribution is 2.52. The second-order valence-electron chi connectivity index (χ2n) is 6.62. The summed E-state index contributed by atoms with van der Waals surface area (Å²) in [5.74, 6) is -0.872. The Kier molecular flexibility index (Phi) is 4.01. The van der Waals surface area contributed by atoms with Gasteiger partial charge in [0.1, 0.15) is 11.5 Å². The molecular formula is C21H13NO5S2. The fourth-order valence-electron chi connectivity index (χ4n) is 3.75. The van der Waals surface area contributed by atoms with Crippen molar-refractivity contribution in [3.05, 3.63) is 84.2 Å². The van der Waals surface area contributed by atoms with Gasteiger partial charge in [0.15, 0.2) is 5.78 Å². The number of carbonyl (C=O) groups is 2. The molecule has 1 atom stereocenters. The lowest BCUT2D eigenvalue weighted by Crippen LogP contribution is -2.27. The van der Waals surface area contributed by atoms with E-state index in [9.17, 15) is 19.5 Å². The number of aromatic amines is 1. The summed E-state index contributed by atoms with van der Waals surface area (Å²) < 4.78 is 5.21. The Hall–Kier alpha value is -3.10. The number of thioether (sulfide) groups is 1. The van der Waals surface area contributed by atoms with Gasteiger partial charge < -0.3 is 14.8 Å². The summed E-state index contributed by atoms with van der Waals surface area (Å²) in [6, 6.07) is 11.6. The summed E-state index contributed by atoms with van der Waals surface area (Å²) in [6.45, 7) is 0. The lowest BCUT2D eigenvalue weighted by molar-refractivity contribution is 0.0974. The molecule has 0 saturated carbocycles. The molecule has 2 aliphatic rings. The molecule has 2 heterocycles. The van der Waals surface area contributed by atoms with Gasteiger partial charge in [0.2, 0.25) is 5.78 Å². The number of thiazole rings is 1. The van der Waals surface area contributed by atoms with E-state index in [2.05, 4.69) is 4.98 Å². The Morgan fingerprint density at radius 3 is 2.52 bits per heavy atom. The van der Waals surface area contributed by atoms with Crippen molar-refractivity contribution in [1.29, 1.82) is 0 Å². The number of Topliss-reactive ketones (excluding diaryl/α,β-unsaturated/α-hetero) is 2. The highest BCUT2D eigenvalue weighted by atomic mass is 32.2. The van der Waals surface area contributed by atoms with Crippen LogP contribution in [0.5, 0.6) is 11.5 Å². The maximum atomic E-state index is 13.4.